The van der Waals surface area contributed by atoms with E-state index in [1.54, 1.807) is 0 Å². The number of fused-ring (bicyclic) bond motifs is 1. The number of carbonyl (C=O) groups excluding carboxylic acids is 1. The lowest BCUT2D eigenvalue weighted by Gasteiger charge is -2.13. The summed E-state index contributed by atoms with van der Waals surface area (Å²) in [5.41, 5.74) is 0.143. The van der Waals surface area contributed by atoms with Crippen molar-refractivity contribution in [3.8, 4) is 0 Å². The number of nitrogens with zero attached hydrogens (tertiary/aromatic N) is 5. The van der Waals surface area contributed by atoms with E-state index in [0.29, 0.717) is 15.1 Å². The van der Waals surface area contributed by atoms with Gasteiger partial charge < -0.3 is 0 Å². The molecule has 13 heteroatoms. The van der Waals surface area contributed by atoms with Gasteiger partial charge in [0.05, 0.1) is 31.2 Å². The quantitative estimate of drug-likeness (QED) is 0.221. The smallest absolute Gasteiger partial charge is 0.267 e. The molecule has 0 spiro atoms. The van der Waals surface area contributed by atoms with E-state index < -0.39 is 21.6 Å². The number of carbonyl (C=O) groups is 1. The summed E-state index contributed by atoms with van der Waals surface area (Å²) in [6, 6.07) is 11.8. The van der Waals surface area contributed by atoms with E-state index in [1.807, 2.05) is 0 Å². The van der Waals surface area contributed by atoms with Crippen molar-refractivity contribution in [1.29, 1.82) is 0 Å². The lowest BCUT2D eigenvalue weighted by molar-refractivity contribution is -0.384. The van der Waals surface area contributed by atoms with Gasteiger partial charge in [0.2, 0.25) is 5.13 Å². The number of thiazole rings is 1. The number of hydrazone groups is 1. The minimum atomic E-state index is -0.712. The highest BCUT2D eigenvalue weighted by molar-refractivity contribution is 7.22. The van der Waals surface area contributed by atoms with Crippen molar-refractivity contribution in [2.24, 2.45) is 5.10 Å². The first-order valence-corrected chi connectivity index (χ1v) is 10.4. The summed E-state index contributed by atoms with van der Waals surface area (Å²) in [5, 5.41) is 27.0. The van der Waals surface area contributed by atoms with Crippen molar-refractivity contribution in [2.45, 2.75) is 0 Å². The third-order valence-electron chi connectivity index (χ3n) is 4.11. The largest absolute Gasteiger partial charge is 0.324 e. The van der Waals surface area contributed by atoms with Crippen LogP contribution in [-0.4, -0.2) is 27.0 Å². The van der Waals surface area contributed by atoms with Crippen LogP contribution in [0.5, 0.6) is 0 Å². The minimum absolute atomic E-state index is 0.0149. The highest BCUT2D eigenvalue weighted by Crippen LogP contribution is 2.31. The highest BCUT2D eigenvalue weighted by Gasteiger charge is 2.23. The fourth-order valence-corrected chi connectivity index (χ4v) is 4.30. The number of hydrogen-bond donors (Lipinski definition) is 0. The van der Waals surface area contributed by atoms with Crippen molar-refractivity contribution in [2.75, 3.05) is 5.01 Å². The number of nitro groups is 2. The second-order valence-electron chi connectivity index (χ2n) is 6.21. The highest BCUT2D eigenvalue weighted by atomic mass is 32.1. The van der Waals surface area contributed by atoms with Gasteiger partial charge in [-0.25, -0.2) is 9.37 Å². The SMILES string of the molecule is O=C(c1cccc([N+](=O)[O-])c1)N(/N=C/c1ccc([N+](=O)[O-])s1)c1nc2ccc(F)cc2s1. The van der Waals surface area contributed by atoms with Crippen LogP contribution >= 0.6 is 22.7 Å². The van der Waals surface area contributed by atoms with Crippen molar-refractivity contribution in [3.05, 3.63) is 91.1 Å². The van der Waals surface area contributed by atoms with Gasteiger partial charge in [0, 0.05) is 23.8 Å². The standard InChI is InChI=1S/C19H10FN5O5S2/c20-12-4-6-15-16(9-12)32-19(22-15)23(21-10-14-5-7-17(31-14)25(29)30)18(26)11-2-1-3-13(8-11)24(27)28/h1-10H/b21-10+. The summed E-state index contributed by atoms with van der Waals surface area (Å²) < 4.78 is 14.0. The van der Waals surface area contributed by atoms with Gasteiger partial charge in [-0.3, -0.25) is 25.0 Å². The summed E-state index contributed by atoms with van der Waals surface area (Å²) in [6.07, 6.45) is 1.25. The number of amides is 1. The van der Waals surface area contributed by atoms with Crippen LogP contribution < -0.4 is 5.01 Å². The Morgan fingerprint density at radius 3 is 2.59 bits per heavy atom. The van der Waals surface area contributed by atoms with Crippen LogP contribution in [0.15, 0.2) is 59.7 Å². The molecular formula is C19H10FN5O5S2. The molecule has 0 saturated carbocycles. The number of hydrogen-bond acceptors (Lipinski definition) is 9. The first-order chi connectivity index (χ1) is 15.3. The molecule has 0 aliphatic carbocycles. The Balaban J connectivity index is 1.76. The minimum Gasteiger partial charge on any atom is -0.267 e. The van der Waals surface area contributed by atoms with Crippen molar-refractivity contribution in [3.63, 3.8) is 0 Å². The molecule has 2 heterocycles. The van der Waals surface area contributed by atoms with Gasteiger partial charge >= 0.3 is 5.00 Å². The molecule has 0 saturated heterocycles. The summed E-state index contributed by atoms with van der Waals surface area (Å²) in [5.74, 6) is -1.19. The van der Waals surface area contributed by atoms with E-state index in [2.05, 4.69) is 10.1 Å². The van der Waals surface area contributed by atoms with E-state index in [-0.39, 0.29) is 21.4 Å². The van der Waals surface area contributed by atoms with E-state index in [0.717, 1.165) is 33.7 Å². The van der Waals surface area contributed by atoms with Gasteiger partial charge in [-0.2, -0.15) is 10.1 Å². The van der Waals surface area contributed by atoms with Gasteiger partial charge in [0.1, 0.15) is 5.82 Å². The number of non-ortho nitro benzene ring substituents is 1. The molecule has 0 fully saturated rings. The van der Waals surface area contributed by atoms with E-state index >= 15 is 0 Å². The monoisotopic (exact) mass is 471 g/mol. The maximum atomic E-state index is 13.6. The zero-order valence-corrected chi connectivity index (χ0v) is 17.4. The Kier molecular flexibility index (Phi) is 5.66. The molecule has 1 amide bonds. The van der Waals surface area contributed by atoms with Crippen LogP contribution in [-0.2, 0) is 0 Å². The second-order valence-corrected chi connectivity index (χ2v) is 8.31. The molecule has 0 aliphatic heterocycles. The fraction of sp³-hybridized carbons (Fsp3) is 0. The van der Waals surface area contributed by atoms with Crippen LogP contribution in [0.2, 0.25) is 0 Å². The predicted molar refractivity (Wildman–Crippen MR) is 118 cm³/mol. The molecule has 0 bridgehead atoms. The van der Waals surface area contributed by atoms with Gasteiger partial charge in [0.25, 0.3) is 11.6 Å². The molecule has 4 rings (SSSR count). The maximum Gasteiger partial charge on any atom is 0.324 e. The predicted octanol–water partition coefficient (Wildman–Crippen LogP) is 4.99. The van der Waals surface area contributed by atoms with Crippen molar-refractivity contribution >= 4 is 60.8 Å². The zero-order chi connectivity index (χ0) is 22.8. The molecular weight excluding hydrogens is 461 g/mol. The topological polar surface area (TPSA) is 132 Å². The Morgan fingerprint density at radius 2 is 1.88 bits per heavy atom. The average molecular weight is 471 g/mol. The number of thiophene rings is 1. The Hall–Kier alpha value is -4.10. The first-order valence-electron chi connectivity index (χ1n) is 8.75. The number of nitro benzene ring substituents is 1. The summed E-state index contributed by atoms with van der Waals surface area (Å²) in [6.45, 7) is 0. The van der Waals surface area contributed by atoms with E-state index in [1.165, 1.54) is 54.7 Å². The maximum absolute atomic E-state index is 13.6. The molecule has 2 aromatic carbocycles. The Morgan fingerprint density at radius 1 is 1.06 bits per heavy atom. The molecule has 0 unspecified atom stereocenters. The lowest BCUT2D eigenvalue weighted by Crippen LogP contribution is -2.25. The normalized spacial score (nSPS) is 11.2. The number of anilines is 1. The lowest BCUT2D eigenvalue weighted by atomic mass is 10.2. The molecule has 10 nitrogen and oxygen atoms in total. The third kappa shape index (κ3) is 4.33. The van der Waals surface area contributed by atoms with Gasteiger partial charge in [-0.15, -0.1) is 0 Å². The van der Waals surface area contributed by atoms with Gasteiger partial charge in [-0.1, -0.05) is 28.7 Å². The molecule has 0 aliphatic rings. The van der Waals surface area contributed by atoms with E-state index in [9.17, 15) is 29.4 Å². The average Bonchev–Trinajstić information content (AvgIpc) is 3.40. The van der Waals surface area contributed by atoms with Crippen LogP contribution in [0.25, 0.3) is 10.2 Å². The fourth-order valence-electron chi connectivity index (χ4n) is 2.66. The van der Waals surface area contributed by atoms with Gasteiger partial charge in [-0.05, 0) is 30.3 Å². The van der Waals surface area contributed by atoms with Gasteiger partial charge in [0.15, 0.2) is 0 Å². The number of rotatable bonds is 6. The van der Waals surface area contributed by atoms with E-state index in [4.69, 9.17) is 0 Å². The number of halogens is 1. The molecule has 0 radical (unpaired) electrons. The molecule has 4 aromatic rings. The molecule has 0 atom stereocenters. The van der Waals surface area contributed by atoms with Crippen LogP contribution in [0.3, 0.4) is 0 Å². The Bertz CT molecular complexity index is 1400. The van der Waals surface area contributed by atoms with Crippen LogP contribution in [0.1, 0.15) is 15.2 Å². The second kappa shape index (κ2) is 8.56. The molecule has 2 aromatic heterocycles. The first kappa shape index (κ1) is 21.1. The summed E-state index contributed by atoms with van der Waals surface area (Å²) in [7, 11) is 0. The summed E-state index contributed by atoms with van der Waals surface area (Å²) in [4.78, 5) is 38.7. The Labute approximate surface area is 186 Å². The van der Waals surface area contributed by atoms with Crippen molar-refractivity contribution in [1.82, 2.24) is 4.98 Å². The number of aromatic nitrogens is 1. The zero-order valence-electron chi connectivity index (χ0n) is 15.7. The third-order valence-corrected chi connectivity index (χ3v) is 6.07. The van der Waals surface area contributed by atoms with Crippen molar-refractivity contribution < 1.29 is 19.0 Å². The number of benzene rings is 2. The van der Waals surface area contributed by atoms with Crippen LogP contribution in [0.4, 0.5) is 20.2 Å². The van der Waals surface area contributed by atoms with Crippen LogP contribution in [0, 0.1) is 26.0 Å². The molecule has 0 N–H and O–H groups in total. The molecule has 32 heavy (non-hydrogen) atoms. The molecule has 160 valence electrons. The summed E-state index contributed by atoms with van der Waals surface area (Å²) >= 11 is 1.86.